The first-order chi connectivity index (χ1) is 11.5. The third-order valence-electron chi connectivity index (χ3n) is 5.64. The van der Waals surface area contributed by atoms with Crippen LogP contribution in [0.25, 0.3) is 0 Å². The fraction of sp³-hybridized carbons (Fsp3) is 0.609. The summed E-state index contributed by atoms with van der Waals surface area (Å²) in [5.41, 5.74) is 5.29. The van der Waals surface area contributed by atoms with Crippen LogP contribution in [0.4, 0.5) is 0 Å². The summed E-state index contributed by atoms with van der Waals surface area (Å²) in [4.78, 5) is 0. The molecule has 0 saturated carbocycles. The SMILES string of the molecule is CCCCC1=C(CCCC)C(C)[C]([Zr]([C]2=CC=CC2)=[C](C)C)=C1C. The van der Waals surface area contributed by atoms with E-state index in [9.17, 15) is 0 Å². The first-order valence-corrected chi connectivity index (χ1v) is 13.7. The van der Waals surface area contributed by atoms with Gasteiger partial charge in [0, 0.05) is 0 Å². The van der Waals surface area contributed by atoms with Crippen molar-refractivity contribution in [3.63, 3.8) is 0 Å². The topological polar surface area (TPSA) is 0 Å². The Morgan fingerprint density at radius 3 is 2.33 bits per heavy atom. The van der Waals surface area contributed by atoms with Gasteiger partial charge in [0.2, 0.25) is 0 Å². The molecule has 1 unspecified atom stereocenters. The minimum atomic E-state index is -1.81. The van der Waals surface area contributed by atoms with E-state index < -0.39 is 21.3 Å². The molecule has 0 radical (unpaired) electrons. The summed E-state index contributed by atoms with van der Waals surface area (Å²) in [5, 5.41) is 0. The molecule has 0 amide bonds. The van der Waals surface area contributed by atoms with Gasteiger partial charge in [-0.05, 0) is 0 Å². The van der Waals surface area contributed by atoms with Crippen molar-refractivity contribution in [3.05, 3.63) is 41.5 Å². The fourth-order valence-electron chi connectivity index (χ4n) is 4.40. The van der Waals surface area contributed by atoms with Crippen molar-refractivity contribution in [1.82, 2.24) is 0 Å². The van der Waals surface area contributed by atoms with Gasteiger partial charge in [-0.2, -0.15) is 0 Å². The Kier molecular flexibility index (Phi) is 7.86. The van der Waals surface area contributed by atoms with E-state index in [0.717, 1.165) is 0 Å². The Morgan fingerprint density at radius 1 is 1.12 bits per heavy atom. The van der Waals surface area contributed by atoms with Gasteiger partial charge >= 0.3 is 158 Å². The molecule has 24 heavy (non-hydrogen) atoms. The maximum atomic E-state index is 2.52. The van der Waals surface area contributed by atoms with Gasteiger partial charge in [0.1, 0.15) is 0 Å². The fourth-order valence-corrected chi connectivity index (χ4v) is 12.4. The Hall–Kier alpha value is -0.287. The third kappa shape index (κ3) is 4.27. The van der Waals surface area contributed by atoms with Crippen LogP contribution in [-0.2, 0) is 21.3 Å². The Bertz CT molecular complexity index is 618. The van der Waals surface area contributed by atoms with Crippen molar-refractivity contribution in [2.45, 2.75) is 86.5 Å². The second-order valence-electron chi connectivity index (χ2n) is 7.67. The summed E-state index contributed by atoms with van der Waals surface area (Å²) in [6.45, 7) is 14.5. The maximum absolute atomic E-state index is 2.52. The van der Waals surface area contributed by atoms with Crippen molar-refractivity contribution in [2.75, 3.05) is 0 Å². The molecule has 132 valence electrons. The summed E-state index contributed by atoms with van der Waals surface area (Å²) in [7, 11) is 0. The minimum absolute atomic E-state index is 0.717. The summed E-state index contributed by atoms with van der Waals surface area (Å²) in [6.07, 6.45) is 16.3. The van der Waals surface area contributed by atoms with E-state index in [1.54, 1.807) is 17.6 Å². The Morgan fingerprint density at radius 2 is 1.79 bits per heavy atom. The average Bonchev–Trinajstić information content (AvgIpc) is 3.14. The molecule has 2 aliphatic rings. The van der Waals surface area contributed by atoms with Crippen LogP contribution >= 0.6 is 0 Å². The second-order valence-corrected chi connectivity index (χ2v) is 14.9. The standard InChI is InChI=1S/C15H25.C5H5.C3H6.Zr/c1-5-7-9-14-12(3)11-13(4)15(14)10-8-6-2;1-2-4-5-3-1;1-3-2;/h12H,5-10H2,1-4H3;1-3H,4H2;1-2H3;. The molecule has 1 heteroatoms. The summed E-state index contributed by atoms with van der Waals surface area (Å²) >= 11 is -1.81. The van der Waals surface area contributed by atoms with Crippen LogP contribution in [0.15, 0.2) is 41.5 Å². The summed E-state index contributed by atoms with van der Waals surface area (Å²) < 4.78 is 5.45. The molecular formula is C23H36Zr. The molecule has 0 heterocycles. The van der Waals surface area contributed by atoms with Gasteiger partial charge in [-0.3, -0.25) is 0 Å². The van der Waals surface area contributed by atoms with Gasteiger partial charge in [0.15, 0.2) is 0 Å². The molecule has 0 aromatic carbocycles. The molecule has 1 atom stereocenters. The molecule has 0 aromatic heterocycles. The van der Waals surface area contributed by atoms with Crippen LogP contribution in [-0.4, -0.2) is 3.21 Å². The molecule has 0 spiro atoms. The first kappa shape index (κ1) is 20.0. The monoisotopic (exact) mass is 402 g/mol. The van der Waals surface area contributed by atoms with Crippen molar-refractivity contribution < 1.29 is 21.3 Å². The quantitative estimate of drug-likeness (QED) is 0.400. The molecule has 0 saturated heterocycles. The Labute approximate surface area is 158 Å². The zero-order chi connectivity index (χ0) is 17.7. The van der Waals surface area contributed by atoms with Gasteiger partial charge < -0.3 is 0 Å². The summed E-state index contributed by atoms with van der Waals surface area (Å²) in [5.74, 6) is 0.717. The van der Waals surface area contributed by atoms with Crippen molar-refractivity contribution in [1.29, 1.82) is 0 Å². The number of allylic oxidation sites excluding steroid dienone is 8. The van der Waals surface area contributed by atoms with E-state index in [2.05, 4.69) is 59.8 Å². The van der Waals surface area contributed by atoms with E-state index >= 15 is 0 Å². The van der Waals surface area contributed by atoms with Crippen molar-refractivity contribution >= 4 is 3.21 Å². The number of hydrogen-bond acceptors (Lipinski definition) is 0. The van der Waals surface area contributed by atoms with Gasteiger partial charge in [0.05, 0.1) is 0 Å². The van der Waals surface area contributed by atoms with E-state index in [0.29, 0.717) is 5.92 Å². The average molecular weight is 404 g/mol. The number of hydrogen-bond donors (Lipinski definition) is 0. The zero-order valence-corrected chi connectivity index (χ0v) is 19.2. The normalized spacial score (nSPS) is 20.2. The Balaban J connectivity index is 2.43. The predicted molar refractivity (Wildman–Crippen MR) is 106 cm³/mol. The van der Waals surface area contributed by atoms with Crippen LogP contribution < -0.4 is 0 Å². The molecule has 0 aliphatic heterocycles. The molecule has 2 aliphatic carbocycles. The van der Waals surface area contributed by atoms with E-state index in [4.69, 9.17) is 0 Å². The summed E-state index contributed by atoms with van der Waals surface area (Å²) in [6, 6.07) is 0. The zero-order valence-electron chi connectivity index (χ0n) is 16.8. The van der Waals surface area contributed by atoms with E-state index in [1.165, 1.54) is 44.9 Å². The molecule has 2 rings (SSSR count). The van der Waals surface area contributed by atoms with Gasteiger partial charge in [-0.1, -0.05) is 0 Å². The predicted octanol–water partition coefficient (Wildman–Crippen LogP) is 7.26. The van der Waals surface area contributed by atoms with Crippen molar-refractivity contribution in [3.8, 4) is 0 Å². The molecule has 0 N–H and O–H groups in total. The second kappa shape index (κ2) is 9.42. The molecule has 0 nitrogen and oxygen atoms in total. The van der Waals surface area contributed by atoms with Gasteiger partial charge in [0.25, 0.3) is 0 Å². The third-order valence-corrected chi connectivity index (χ3v) is 13.9. The van der Waals surface area contributed by atoms with E-state index in [-0.39, 0.29) is 0 Å². The first-order valence-electron chi connectivity index (χ1n) is 9.99. The van der Waals surface area contributed by atoms with Crippen LogP contribution in [0.1, 0.15) is 86.5 Å². The van der Waals surface area contributed by atoms with Gasteiger partial charge in [-0.25, -0.2) is 0 Å². The molecular weight excluding hydrogens is 367 g/mol. The molecule has 0 aromatic rings. The van der Waals surface area contributed by atoms with Crippen LogP contribution in [0.5, 0.6) is 0 Å². The van der Waals surface area contributed by atoms with Gasteiger partial charge in [-0.15, -0.1) is 0 Å². The van der Waals surface area contributed by atoms with Crippen LogP contribution in [0.2, 0.25) is 0 Å². The van der Waals surface area contributed by atoms with Crippen molar-refractivity contribution in [2.24, 2.45) is 5.92 Å². The number of unbranched alkanes of at least 4 members (excludes halogenated alkanes) is 2. The van der Waals surface area contributed by atoms with Crippen LogP contribution in [0.3, 0.4) is 0 Å². The number of rotatable bonds is 8. The van der Waals surface area contributed by atoms with E-state index in [1.807, 2.05) is 8.85 Å². The van der Waals surface area contributed by atoms with Crippen LogP contribution in [0, 0.1) is 5.92 Å². The molecule has 0 bridgehead atoms. The molecule has 0 fully saturated rings.